The highest BCUT2D eigenvalue weighted by Crippen LogP contribution is 2.31. The molecule has 150 valence electrons. The monoisotopic (exact) mass is 394 g/mol. The van der Waals surface area contributed by atoms with Crippen molar-refractivity contribution in [3.63, 3.8) is 0 Å². The number of rotatable bonds is 6. The molecule has 3 aromatic carbocycles. The van der Waals surface area contributed by atoms with Crippen LogP contribution in [0, 0.1) is 13.8 Å². The van der Waals surface area contributed by atoms with E-state index in [2.05, 4.69) is 91.7 Å². The predicted octanol–water partition coefficient (Wildman–Crippen LogP) is 5.36. The van der Waals surface area contributed by atoms with Crippen molar-refractivity contribution in [3.8, 4) is 22.5 Å². The minimum atomic E-state index is 0.677. The summed E-state index contributed by atoms with van der Waals surface area (Å²) < 4.78 is 0. The topological polar surface area (TPSA) is 49.8 Å². The van der Waals surface area contributed by atoms with Gasteiger partial charge in [-0.25, -0.2) is 9.97 Å². The highest BCUT2D eigenvalue weighted by Gasteiger charge is 2.13. The third-order valence-electron chi connectivity index (χ3n) is 5.19. The van der Waals surface area contributed by atoms with E-state index in [4.69, 9.17) is 9.97 Å². The van der Waals surface area contributed by atoms with Crippen LogP contribution in [0.2, 0.25) is 0 Å². The summed E-state index contributed by atoms with van der Waals surface area (Å²) in [5.41, 5.74) is 9.29. The van der Waals surface area contributed by atoms with Gasteiger partial charge in [0, 0.05) is 24.7 Å². The average molecular weight is 395 g/mol. The molecule has 0 aliphatic heterocycles. The van der Waals surface area contributed by atoms with E-state index in [-0.39, 0.29) is 0 Å². The zero-order valence-corrected chi connectivity index (χ0v) is 17.7. The number of hydrogen-bond acceptors (Lipinski definition) is 4. The third-order valence-corrected chi connectivity index (χ3v) is 5.19. The van der Waals surface area contributed by atoms with Crippen LogP contribution >= 0.6 is 0 Å². The zero-order valence-electron chi connectivity index (χ0n) is 17.7. The van der Waals surface area contributed by atoms with Gasteiger partial charge < -0.3 is 10.6 Å². The minimum absolute atomic E-state index is 0.677. The average Bonchev–Trinajstić information content (AvgIpc) is 2.77. The van der Waals surface area contributed by atoms with Gasteiger partial charge in [0.2, 0.25) is 0 Å². The van der Waals surface area contributed by atoms with Gasteiger partial charge in [-0.3, -0.25) is 0 Å². The fourth-order valence-electron chi connectivity index (χ4n) is 3.33. The number of aromatic nitrogens is 2. The summed E-state index contributed by atoms with van der Waals surface area (Å²) in [4.78, 5) is 10.1. The highest BCUT2D eigenvalue weighted by atomic mass is 15.1. The van der Waals surface area contributed by atoms with E-state index in [9.17, 15) is 0 Å². The van der Waals surface area contributed by atoms with Gasteiger partial charge in [0.15, 0.2) is 0 Å². The normalized spacial score (nSPS) is 10.8. The van der Waals surface area contributed by atoms with E-state index in [0.29, 0.717) is 6.54 Å². The van der Waals surface area contributed by atoms with Crippen LogP contribution in [0.1, 0.15) is 16.7 Å². The molecule has 1 aromatic heterocycles. The lowest BCUT2D eigenvalue weighted by Crippen LogP contribution is -2.21. The van der Waals surface area contributed by atoms with Crippen molar-refractivity contribution in [3.05, 3.63) is 95.8 Å². The first-order valence-electron chi connectivity index (χ1n) is 10.1. The molecule has 4 heteroatoms. The van der Waals surface area contributed by atoms with E-state index >= 15 is 0 Å². The Morgan fingerprint density at radius 1 is 0.767 bits per heavy atom. The van der Waals surface area contributed by atoms with Gasteiger partial charge in [0.25, 0.3) is 0 Å². The Kier molecular flexibility index (Phi) is 5.48. The Hall–Kier alpha value is -3.66. The Bertz CT molecular complexity index is 1190. The summed E-state index contributed by atoms with van der Waals surface area (Å²) in [6, 6.07) is 23.1. The molecule has 0 fully saturated rings. The predicted molar refractivity (Wildman–Crippen MR) is 125 cm³/mol. The number of hydrogen-bond donors (Lipinski definition) is 2. The number of benzene rings is 3. The SMILES string of the molecule is C=C(NC)NCc1ccc2nc(-c3ccc(C)cc3)c(-c3ccc(C)cc3)nc2c1. The van der Waals surface area contributed by atoms with Crippen molar-refractivity contribution < 1.29 is 0 Å². The van der Waals surface area contributed by atoms with Crippen LogP contribution in [-0.2, 0) is 6.54 Å². The number of fused-ring (bicyclic) bond motifs is 1. The summed E-state index contributed by atoms with van der Waals surface area (Å²) in [6.45, 7) is 8.77. The first kappa shape index (κ1) is 19.6. The van der Waals surface area contributed by atoms with E-state index in [1.807, 2.05) is 13.1 Å². The van der Waals surface area contributed by atoms with Crippen molar-refractivity contribution in [1.29, 1.82) is 0 Å². The van der Waals surface area contributed by atoms with Crippen LogP contribution in [0.15, 0.2) is 79.1 Å². The highest BCUT2D eigenvalue weighted by molar-refractivity contribution is 5.86. The minimum Gasteiger partial charge on any atom is -0.375 e. The fraction of sp³-hybridized carbons (Fsp3) is 0.154. The van der Waals surface area contributed by atoms with Crippen LogP contribution in [0.5, 0.6) is 0 Å². The molecule has 0 saturated heterocycles. The molecule has 4 aromatic rings. The second kappa shape index (κ2) is 8.37. The Morgan fingerprint density at radius 2 is 1.30 bits per heavy atom. The molecule has 0 aliphatic rings. The standard InChI is InChI=1S/C26H26N4/c1-17-5-10-21(11-6-17)25-26(22-12-7-18(2)8-13-22)30-24-15-20(9-14-23(24)29-25)16-28-19(3)27-4/h5-15,27-28H,3,16H2,1-2,4H3. The van der Waals surface area contributed by atoms with Crippen LogP contribution in [0.4, 0.5) is 0 Å². The largest absolute Gasteiger partial charge is 0.375 e. The molecule has 0 amide bonds. The summed E-state index contributed by atoms with van der Waals surface area (Å²) in [5, 5.41) is 6.26. The molecule has 0 bridgehead atoms. The Balaban J connectivity index is 1.84. The molecule has 0 aliphatic carbocycles. The molecular formula is C26H26N4. The Labute approximate surface area is 177 Å². The molecule has 0 saturated carbocycles. The first-order valence-corrected chi connectivity index (χ1v) is 10.1. The molecule has 0 spiro atoms. The molecule has 4 nitrogen and oxygen atoms in total. The third kappa shape index (κ3) is 4.18. The lowest BCUT2D eigenvalue weighted by atomic mass is 10.0. The number of aryl methyl sites for hydroxylation is 2. The van der Waals surface area contributed by atoms with Crippen LogP contribution in [0.25, 0.3) is 33.5 Å². The van der Waals surface area contributed by atoms with Crippen molar-refractivity contribution in [2.24, 2.45) is 0 Å². The Morgan fingerprint density at radius 3 is 1.83 bits per heavy atom. The molecule has 0 radical (unpaired) electrons. The number of nitrogens with one attached hydrogen (secondary N) is 2. The van der Waals surface area contributed by atoms with Gasteiger partial charge in [-0.05, 0) is 31.5 Å². The second-order valence-electron chi connectivity index (χ2n) is 7.56. The van der Waals surface area contributed by atoms with E-state index in [0.717, 1.165) is 44.9 Å². The van der Waals surface area contributed by atoms with E-state index in [1.165, 1.54) is 11.1 Å². The first-order chi connectivity index (χ1) is 14.5. The lowest BCUT2D eigenvalue weighted by Gasteiger charge is -2.13. The second-order valence-corrected chi connectivity index (χ2v) is 7.56. The quantitative estimate of drug-likeness (QED) is 0.462. The van der Waals surface area contributed by atoms with Gasteiger partial charge in [-0.2, -0.15) is 0 Å². The molecule has 30 heavy (non-hydrogen) atoms. The summed E-state index contributed by atoms with van der Waals surface area (Å²) in [6.07, 6.45) is 0. The van der Waals surface area contributed by atoms with Gasteiger partial charge in [-0.1, -0.05) is 72.3 Å². The zero-order chi connectivity index (χ0) is 21.1. The van der Waals surface area contributed by atoms with Crippen molar-refractivity contribution >= 4 is 11.0 Å². The molecular weight excluding hydrogens is 368 g/mol. The van der Waals surface area contributed by atoms with Crippen LogP contribution in [-0.4, -0.2) is 17.0 Å². The summed E-state index contributed by atoms with van der Waals surface area (Å²) in [7, 11) is 1.85. The summed E-state index contributed by atoms with van der Waals surface area (Å²) >= 11 is 0. The van der Waals surface area contributed by atoms with Gasteiger partial charge in [0.1, 0.15) is 0 Å². The van der Waals surface area contributed by atoms with Crippen LogP contribution in [0.3, 0.4) is 0 Å². The van der Waals surface area contributed by atoms with Gasteiger partial charge in [0.05, 0.1) is 28.2 Å². The maximum atomic E-state index is 5.05. The van der Waals surface area contributed by atoms with Crippen molar-refractivity contribution in [2.45, 2.75) is 20.4 Å². The van der Waals surface area contributed by atoms with E-state index in [1.54, 1.807) is 0 Å². The van der Waals surface area contributed by atoms with Gasteiger partial charge >= 0.3 is 0 Å². The molecule has 0 unspecified atom stereocenters. The maximum absolute atomic E-state index is 5.05. The van der Waals surface area contributed by atoms with Crippen molar-refractivity contribution in [2.75, 3.05) is 7.05 Å². The summed E-state index contributed by atoms with van der Waals surface area (Å²) in [5.74, 6) is 0.788. The van der Waals surface area contributed by atoms with Gasteiger partial charge in [-0.15, -0.1) is 0 Å². The maximum Gasteiger partial charge on any atom is 0.0973 e. The smallest absolute Gasteiger partial charge is 0.0973 e. The lowest BCUT2D eigenvalue weighted by molar-refractivity contribution is 0.742. The molecule has 2 N–H and O–H groups in total. The fourth-order valence-corrected chi connectivity index (χ4v) is 3.33. The number of nitrogens with zero attached hydrogens (tertiary/aromatic N) is 2. The molecule has 0 atom stereocenters. The van der Waals surface area contributed by atoms with Crippen molar-refractivity contribution in [1.82, 2.24) is 20.6 Å². The van der Waals surface area contributed by atoms with Crippen LogP contribution < -0.4 is 10.6 Å². The molecule has 1 heterocycles. The van der Waals surface area contributed by atoms with E-state index < -0.39 is 0 Å². The molecule has 4 rings (SSSR count).